The number of carbonyl (C=O) groups excluding carboxylic acids is 1. The van der Waals surface area contributed by atoms with Gasteiger partial charge >= 0.3 is 0 Å². The Kier molecular flexibility index (Phi) is 3.20. The second-order valence-electron chi connectivity index (χ2n) is 3.21. The largest absolute Gasteiger partial charge is 0.398 e. The fourth-order valence-corrected chi connectivity index (χ4v) is 1.55. The summed E-state index contributed by atoms with van der Waals surface area (Å²) in [6.07, 6.45) is 0. The van der Waals surface area contributed by atoms with Crippen molar-refractivity contribution in [2.75, 3.05) is 5.73 Å². The predicted octanol–water partition coefficient (Wildman–Crippen LogP) is 0.365. The maximum Gasteiger partial charge on any atom is 0.255 e. The standard InChI is InChI=1S/C9H9ClN6O/c10-5-2-1-3-6(11)8(5)9(17)12-4-7-13-15-16-14-7/h1-3H,4,11H2,(H,12,17)(H,13,14,15,16). The molecule has 0 aliphatic rings. The Morgan fingerprint density at radius 2 is 2.35 bits per heavy atom. The zero-order valence-electron chi connectivity index (χ0n) is 8.64. The third kappa shape index (κ3) is 2.51. The van der Waals surface area contributed by atoms with E-state index in [4.69, 9.17) is 17.3 Å². The minimum Gasteiger partial charge on any atom is -0.398 e. The third-order valence-electron chi connectivity index (χ3n) is 2.07. The second kappa shape index (κ2) is 4.79. The first-order valence-corrected chi connectivity index (χ1v) is 5.11. The molecule has 4 N–H and O–H groups in total. The molecule has 0 atom stereocenters. The van der Waals surface area contributed by atoms with Crippen molar-refractivity contribution in [1.82, 2.24) is 25.9 Å². The molecule has 0 bridgehead atoms. The number of tetrazole rings is 1. The molecule has 7 nitrogen and oxygen atoms in total. The van der Waals surface area contributed by atoms with Gasteiger partial charge < -0.3 is 11.1 Å². The highest BCUT2D eigenvalue weighted by atomic mass is 35.5. The van der Waals surface area contributed by atoms with Gasteiger partial charge in [0.25, 0.3) is 5.91 Å². The van der Waals surface area contributed by atoms with E-state index in [-0.39, 0.29) is 18.0 Å². The first-order valence-electron chi connectivity index (χ1n) is 4.73. The van der Waals surface area contributed by atoms with E-state index in [0.717, 1.165) is 0 Å². The molecule has 0 radical (unpaired) electrons. The monoisotopic (exact) mass is 252 g/mol. The number of carbonyl (C=O) groups is 1. The number of hydrogen-bond donors (Lipinski definition) is 3. The van der Waals surface area contributed by atoms with Crippen LogP contribution in [0.1, 0.15) is 16.2 Å². The number of benzene rings is 1. The molecule has 0 spiro atoms. The maximum absolute atomic E-state index is 11.8. The van der Waals surface area contributed by atoms with Gasteiger partial charge in [-0.25, -0.2) is 0 Å². The number of H-pyrrole nitrogens is 1. The summed E-state index contributed by atoms with van der Waals surface area (Å²) in [4.78, 5) is 11.8. The zero-order chi connectivity index (χ0) is 12.3. The topological polar surface area (TPSA) is 110 Å². The number of nitrogens with two attached hydrogens (primary N) is 1. The molecule has 17 heavy (non-hydrogen) atoms. The van der Waals surface area contributed by atoms with Crippen LogP contribution >= 0.6 is 11.6 Å². The SMILES string of the molecule is Nc1cccc(Cl)c1C(=O)NCc1nn[nH]n1. The molecule has 1 amide bonds. The summed E-state index contributed by atoms with van der Waals surface area (Å²) in [5, 5.41) is 16.0. The summed E-state index contributed by atoms with van der Waals surface area (Å²) < 4.78 is 0. The van der Waals surface area contributed by atoms with E-state index in [1.54, 1.807) is 18.2 Å². The average Bonchev–Trinajstić information content (AvgIpc) is 2.79. The van der Waals surface area contributed by atoms with Gasteiger partial charge in [0, 0.05) is 5.69 Å². The van der Waals surface area contributed by atoms with Gasteiger partial charge in [-0.3, -0.25) is 4.79 Å². The molecule has 0 saturated heterocycles. The lowest BCUT2D eigenvalue weighted by Crippen LogP contribution is -2.24. The van der Waals surface area contributed by atoms with Crippen LogP contribution in [0.5, 0.6) is 0 Å². The number of nitrogens with zero attached hydrogens (tertiary/aromatic N) is 3. The highest BCUT2D eigenvalue weighted by Gasteiger charge is 2.13. The summed E-state index contributed by atoms with van der Waals surface area (Å²) >= 11 is 5.89. The fraction of sp³-hybridized carbons (Fsp3) is 0.111. The Bertz CT molecular complexity index is 506. The van der Waals surface area contributed by atoms with Gasteiger partial charge in [0.15, 0.2) is 5.82 Å². The molecule has 0 fully saturated rings. The van der Waals surface area contributed by atoms with Crippen LogP contribution in [0.4, 0.5) is 5.69 Å². The summed E-state index contributed by atoms with van der Waals surface area (Å²) in [7, 11) is 0. The molecule has 1 aromatic heterocycles. The van der Waals surface area contributed by atoms with Crippen LogP contribution in [0.2, 0.25) is 5.02 Å². The van der Waals surface area contributed by atoms with Gasteiger partial charge in [-0.1, -0.05) is 22.9 Å². The van der Waals surface area contributed by atoms with Crippen molar-refractivity contribution in [3.63, 3.8) is 0 Å². The summed E-state index contributed by atoms with van der Waals surface area (Å²) in [6.45, 7) is 0.153. The first-order chi connectivity index (χ1) is 8.18. The van der Waals surface area contributed by atoms with Crippen LogP contribution in [-0.2, 0) is 6.54 Å². The fourth-order valence-electron chi connectivity index (χ4n) is 1.29. The molecule has 8 heteroatoms. The summed E-state index contributed by atoms with van der Waals surface area (Å²) in [5.41, 5.74) is 6.25. The Labute approximate surface area is 101 Å². The summed E-state index contributed by atoms with van der Waals surface area (Å²) in [6, 6.07) is 4.88. The molecule has 88 valence electrons. The Balaban J connectivity index is 2.10. The van der Waals surface area contributed by atoms with E-state index < -0.39 is 0 Å². The Hall–Kier alpha value is -2.15. The molecular formula is C9H9ClN6O. The van der Waals surface area contributed by atoms with E-state index in [9.17, 15) is 4.79 Å². The van der Waals surface area contributed by atoms with Crippen LogP contribution in [0.25, 0.3) is 0 Å². The summed E-state index contributed by atoms with van der Waals surface area (Å²) in [5.74, 6) is 0.00174. The zero-order valence-corrected chi connectivity index (χ0v) is 9.40. The highest BCUT2D eigenvalue weighted by Crippen LogP contribution is 2.21. The average molecular weight is 253 g/mol. The Morgan fingerprint density at radius 3 is 3.00 bits per heavy atom. The molecule has 0 unspecified atom stereocenters. The lowest BCUT2D eigenvalue weighted by Gasteiger charge is -2.07. The van der Waals surface area contributed by atoms with Crippen LogP contribution in [0.3, 0.4) is 0 Å². The minimum absolute atomic E-state index is 0.153. The molecule has 1 aromatic carbocycles. The number of halogens is 1. The first kappa shape index (κ1) is 11.3. The normalized spacial score (nSPS) is 10.2. The van der Waals surface area contributed by atoms with Gasteiger partial charge in [-0.05, 0) is 12.1 Å². The number of amides is 1. The molecule has 2 aromatic rings. The second-order valence-corrected chi connectivity index (χ2v) is 3.62. The smallest absolute Gasteiger partial charge is 0.255 e. The third-order valence-corrected chi connectivity index (χ3v) is 2.38. The van der Waals surface area contributed by atoms with E-state index in [1.807, 2.05) is 0 Å². The van der Waals surface area contributed by atoms with Crippen molar-refractivity contribution in [2.24, 2.45) is 0 Å². The van der Waals surface area contributed by atoms with Gasteiger partial charge in [-0.15, -0.1) is 10.2 Å². The number of aromatic nitrogens is 4. The maximum atomic E-state index is 11.8. The van der Waals surface area contributed by atoms with Crippen molar-refractivity contribution >= 4 is 23.2 Å². The van der Waals surface area contributed by atoms with Crippen molar-refractivity contribution in [2.45, 2.75) is 6.54 Å². The number of anilines is 1. The lowest BCUT2D eigenvalue weighted by molar-refractivity contribution is 0.0951. The molecule has 2 rings (SSSR count). The van der Waals surface area contributed by atoms with Crippen LogP contribution in [-0.4, -0.2) is 26.5 Å². The number of rotatable bonds is 3. The Morgan fingerprint density at radius 1 is 1.53 bits per heavy atom. The van der Waals surface area contributed by atoms with E-state index in [0.29, 0.717) is 16.5 Å². The highest BCUT2D eigenvalue weighted by molar-refractivity contribution is 6.34. The van der Waals surface area contributed by atoms with Crippen LogP contribution < -0.4 is 11.1 Å². The van der Waals surface area contributed by atoms with E-state index >= 15 is 0 Å². The number of nitrogen functional groups attached to an aromatic ring is 1. The van der Waals surface area contributed by atoms with Gasteiger partial charge in [-0.2, -0.15) is 5.21 Å². The molecule has 0 aliphatic heterocycles. The van der Waals surface area contributed by atoms with Crippen LogP contribution in [0.15, 0.2) is 18.2 Å². The van der Waals surface area contributed by atoms with Crippen molar-refractivity contribution in [1.29, 1.82) is 0 Å². The minimum atomic E-state index is -0.377. The van der Waals surface area contributed by atoms with Gasteiger partial charge in [0.2, 0.25) is 0 Å². The van der Waals surface area contributed by atoms with Gasteiger partial charge in [0.1, 0.15) is 0 Å². The predicted molar refractivity (Wildman–Crippen MR) is 61.2 cm³/mol. The quantitative estimate of drug-likeness (QED) is 0.684. The molecule has 1 heterocycles. The molecular weight excluding hydrogens is 244 g/mol. The number of hydrogen-bond acceptors (Lipinski definition) is 5. The molecule has 0 saturated carbocycles. The van der Waals surface area contributed by atoms with E-state index in [2.05, 4.69) is 25.9 Å². The van der Waals surface area contributed by atoms with Crippen LogP contribution in [0, 0.1) is 0 Å². The van der Waals surface area contributed by atoms with E-state index in [1.165, 1.54) is 0 Å². The van der Waals surface area contributed by atoms with Gasteiger partial charge in [0.05, 0.1) is 17.1 Å². The lowest BCUT2D eigenvalue weighted by atomic mass is 10.1. The van der Waals surface area contributed by atoms with Crippen molar-refractivity contribution in [3.8, 4) is 0 Å². The number of aromatic amines is 1. The number of nitrogens with one attached hydrogen (secondary N) is 2. The van der Waals surface area contributed by atoms with Crippen molar-refractivity contribution in [3.05, 3.63) is 34.6 Å². The molecule has 0 aliphatic carbocycles. The van der Waals surface area contributed by atoms with Crippen molar-refractivity contribution < 1.29 is 4.79 Å².